The molecule has 2 aromatic rings. The van der Waals surface area contributed by atoms with E-state index in [0.29, 0.717) is 16.3 Å². The first-order valence-electron chi connectivity index (χ1n) is 5.47. The number of nitrogens with two attached hydrogens (primary N) is 1. The highest BCUT2D eigenvalue weighted by Crippen LogP contribution is 2.24. The topological polar surface area (TPSA) is 78.4 Å². The average molecular weight is 279 g/mol. The van der Waals surface area contributed by atoms with Crippen LogP contribution < -0.4 is 10.5 Å². The molecule has 0 saturated heterocycles. The molecule has 0 aliphatic rings. The molecule has 0 radical (unpaired) electrons. The van der Waals surface area contributed by atoms with Gasteiger partial charge in [-0.1, -0.05) is 23.7 Å². The molecule has 0 aliphatic heterocycles. The number of halogens is 1. The molecule has 0 fully saturated rings. The Morgan fingerprint density at radius 1 is 1.26 bits per heavy atom. The van der Waals surface area contributed by atoms with Gasteiger partial charge in [0.25, 0.3) is 5.69 Å². The molecule has 0 saturated carbocycles. The first-order chi connectivity index (χ1) is 9.06. The molecule has 0 amide bonds. The van der Waals surface area contributed by atoms with Crippen molar-refractivity contribution in [1.82, 2.24) is 0 Å². The van der Waals surface area contributed by atoms with Gasteiger partial charge in [0.05, 0.1) is 4.92 Å². The van der Waals surface area contributed by atoms with Crippen molar-refractivity contribution in [1.29, 1.82) is 0 Å². The van der Waals surface area contributed by atoms with E-state index in [1.165, 1.54) is 12.1 Å². The second-order valence-electron chi connectivity index (χ2n) is 3.90. The molecule has 0 aromatic heterocycles. The van der Waals surface area contributed by atoms with Gasteiger partial charge in [-0.05, 0) is 29.8 Å². The monoisotopic (exact) mass is 278 g/mol. The van der Waals surface area contributed by atoms with Gasteiger partial charge in [0.2, 0.25) is 0 Å². The maximum Gasteiger partial charge on any atom is 0.292 e. The van der Waals surface area contributed by atoms with Gasteiger partial charge < -0.3 is 10.5 Å². The van der Waals surface area contributed by atoms with Crippen LogP contribution in [-0.4, -0.2) is 4.92 Å². The van der Waals surface area contributed by atoms with Crippen LogP contribution in [0.2, 0.25) is 5.02 Å². The largest absolute Gasteiger partial charge is 0.489 e. The Morgan fingerprint density at radius 2 is 2.05 bits per heavy atom. The molecule has 0 unspecified atom stereocenters. The summed E-state index contributed by atoms with van der Waals surface area (Å²) >= 11 is 5.83. The van der Waals surface area contributed by atoms with Gasteiger partial charge in [0.15, 0.2) is 0 Å². The third kappa shape index (κ3) is 3.35. The number of nitro groups is 1. The zero-order valence-corrected chi connectivity index (χ0v) is 10.6. The summed E-state index contributed by atoms with van der Waals surface area (Å²) in [5.41, 5.74) is 6.20. The molecule has 6 heteroatoms. The minimum atomic E-state index is -0.516. The highest BCUT2D eigenvalue weighted by Gasteiger charge is 2.11. The quantitative estimate of drug-likeness (QED) is 0.528. The van der Waals surface area contributed by atoms with Crippen molar-refractivity contribution in [2.75, 3.05) is 5.73 Å². The lowest BCUT2D eigenvalue weighted by Crippen LogP contribution is -2.00. The van der Waals surface area contributed by atoms with E-state index in [-0.39, 0.29) is 18.0 Å². The van der Waals surface area contributed by atoms with Crippen molar-refractivity contribution in [2.24, 2.45) is 0 Å². The van der Waals surface area contributed by atoms with E-state index in [0.717, 1.165) is 0 Å². The Kier molecular flexibility index (Phi) is 3.87. The summed E-state index contributed by atoms with van der Waals surface area (Å²) in [7, 11) is 0. The second kappa shape index (κ2) is 5.58. The van der Waals surface area contributed by atoms with Crippen LogP contribution in [0.15, 0.2) is 42.5 Å². The van der Waals surface area contributed by atoms with E-state index in [1.807, 2.05) is 0 Å². The van der Waals surface area contributed by atoms with Gasteiger partial charge in [0.1, 0.15) is 18.0 Å². The zero-order valence-electron chi connectivity index (χ0n) is 9.88. The molecule has 0 spiro atoms. The molecule has 2 aromatic carbocycles. The van der Waals surface area contributed by atoms with Crippen molar-refractivity contribution >= 4 is 23.0 Å². The van der Waals surface area contributed by atoms with Crippen LogP contribution in [-0.2, 0) is 6.61 Å². The van der Waals surface area contributed by atoms with Gasteiger partial charge in [-0.15, -0.1) is 0 Å². The number of nitro benzene ring substituents is 1. The summed E-state index contributed by atoms with van der Waals surface area (Å²) < 4.78 is 5.50. The predicted octanol–water partition coefficient (Wildman–Crippen LogP) is 3.41. The second-order valence-corrected chi connectivity index (χ2v) is 4.33. The molecule has 0 aliphatic carbocycles. The molecule has 0 heterocycles. The van der Waals surface area contributed by atoms with E-state index in [1.54, 1.807) is 30.3 Å². The van der Waals surface area contributed by atoms with Crippen LogP contribution in [0.1, 0.15) is 5.56 Å². The van der Waals surface area contributed by atoms with Crippen molar-refractivity contribution in [3.8, 4) is 5.75 Å². The molecule has 2 rings (SSSR count). The van der Waals surface area contributed by atoms with Crippen LogP contribution in [0.5, 0.6) is 5.75 Å². The Morgan fingerprint density at radius 3 is 2.74 bits per heavy atom. The summed E-state index contributed by atoms with van der Waals surface area (Å²) in [6.07, 6.45) is 0. The third-order valence-electron chi connectivity index (χ3n) is 2.49. The van der Waals surface area contributed by atoms with Crippen molar-refractivity contribution in [3.05, 3.63) is 63.2 Å². The lowest BCUT2D eigenvalue weighted by molar-refractivity contribution is -0.384. The van der Waals surface area contributed by atoms with E-state index < -0.39 is 4.92 Å². The Labute approximate surface area is 114 Å². The molecule has 5 nitrogen and oxygen atoms in total. The highest BCUT2D eigenvalue weighted by molar-refractivity contribution is 6.30. The molecule has 19 heavy (non-hydrogen) atoms. The van der Waals surface area contributed by atoms with Crippen LogP contribution in [0.3, 0.4) is 0 Å². The fourth-order valence-corrected chi connectivity index (χ4v) is 1.74. The summed E-state index contributed by atoms with van der Waals surface area (Å²) in [6, 6.07) is 11.5. The van der Waals surface area contributed by atoms with E-state index in [4.69, 9.17) is 22.1 Å². The SMILES string of the molecule is Nc1ccc(COc2cccc(Cl)c2)cc1[N+](=O)[O-]. The summed E-state index contributed by atoms with van der Waals surface area (Å²) in [5.74, 6) is 0.604. The lowest BCUT2D eigenvalue weighted by atomic mass is 10.2. The van der Waals surface area contributed by atoms with Crippen molar-refractivity contribution < 1.29 is 9.66 Å². The highest BCUT2D eigenvalue weighted by atomic mass is 35.5. The van der Waals surface area contributed by atoms with Crippen LogP contribution >= 0.6 is 11.6 Å². The minimum absolute atomic E-state index is 0.118. The van der Waals surface area contributed by atoms with E-state index >= 15 is 0 Å². The Balaban J connectivity index is 2.12. The summed E-state index contributed by atoms with van der Waals surface area (Å²) in [4.78, 5) is 10.2. The number of benzene rings is 2. The van der Waals surface area contributed by atoms with Crippen LogP contribution in [0.4, 0.5) is 11.4 Å². The predicted molar refractivity (Wildman–Crippen MR) is 73.3 cm³/mol. The van der Waals surface area contributed by atoms with Gasteiger partial charge in [-0.2, -0.15) is 0 Å². The maximum absolute atomic E-state index is 10.8. The number of rotatable bonds is 4. The summed E-state index contributed by atoms with van der Waals surface area (Å²) in [5, 5.41) is 11.3. The third-order valence-corrected chi connectivity index (χ3v) is 2.73. The van der Waals surface area contributed by atoms with Gasteiger partial charge in [0, 0.05) is 11.1 Å². The molecule has 98 valence electrons. The normalized spacial score (nSPS) is 10.2. The zero-order chi connectivity index (χ0) is 13.8. The number of nitrogens with zero attached hydrogens (tertiary/aromatic N) is 1. The molecular weight excluding hydrogens is 268 g/mol. The Hall–Kier alpha value is -2.27. The number of anilines is 1. The number of hydrogen-bond donors (Lipinski definition) is 1. The number of hydrogen-bond acceptors (Lipinski definition) is 4. The fraction of sp³-hybridized carbons (Fsp3) is 0.0769. The number of ether oxygens (including phenoxy) is 1. The standard InChI is InChI=1S/C13H11ClN2O3/c14-10-2-1-3-11(7-10)19-8-9-4-5-12(15)13(6-9)16(17)18/h1-7H,8,15H2. The maximum atomic E-state index is 10.8. The van der Waals surface area contributed by atoms with Gasteiger partial charge >= 0.3 is 0 Å². The number of nitrogen functional groups attached to an aromatic ring is 1. The van der Waals surface area contributed by atoms with Crippen molar-refractivity contribution in [2.45, 2.75) is 6.61 Å². The lowest BCUT2D eigenvalue weighted by Gasteiger charge is -2.07. The summed E-state index contributed by atoms with van der Waals surface area (Å²) in [6.45, 7) is 0.210. The molecule has 0 bridgehead atoms. The van der Waals surface area contributed by atoms with Crippen LogP contribution in [0, 0.1) is 10.1 Å². The first-order valence-corrected chi connectivity index (χ1v) is 5.85. The van der Waals surface area contributed by atoms with Gasteiger partial charge in [-0.25, -0.2) is 0 Å². The first kappa shape index (κ1) is 13.2. The van der Waals surface area contributed by atoms with Crippen molar-refractivity contribution in [3.63, 3.8) is 0 Å². The molecule has 2 N–H and O–H groups in total. The molecule has 0 atom stereocenters. The minimum Gasteiger partial charge on any atom is -0.489 e. The Bertz CT molecular complexity index is 617. The van der Waals surface area contributed by atoms with E-state index in [9.17, 15) is 10.1 Å². The fourth-order valence-electron chi connectivity index (χ4n) is 1.56. The van der Waals surface area contributed by atoms with Gasteiger partial charge in [-0.3, -0.25) is 10.1 Å². The smallest absolute Gasteiger partial charge is 0.292 e. The van der Waals surface area contributed by atoms with E-state index in [2.05, 4.69) is 0 Å². The van der Waals surface area contributed by atoms with Crippen LogP contribution in [0.25, 0.3) is 0 Å². The average Bonchev–Trinajstić information content (AvgIpc) is 2.37. The molecular formula is C13H11ClN2O3.